The van der Waals surface area contributed by atoms with E-state index in [0.717, 1.165) is 6.42 Å². The van der Waals surface area contributed by atoms with Gasteiger partial charge in [-0.1, -0.05) is 30.7 Å². The van der Waals surface area contributed by atoms with Crippen LogP contribution >= 0.6 is 23.2 Å². The Bertz CT molecular complexity index is 649. The van der Waals surface area contributed by atoms with Crippen LogP contribution in [0.25, 0.3) is 0 Å². The number of anilines is 2. The lowest BCUT2D eigenvalue weighted by atomic mass is 10.1. The fourth-order valence-corrected chi connectivity index (χ4v) is 1.96. The molecule has 0 unspecified atom stereocenters. The molecule has 110 valence electrons. The van der Waals surface area contributed by atoms with Gasteiger partial charge < -0.3 is 10.6 Å². The fraction of sp³-hybridized carbons (Fsp3) is 0.214. The van der Waals surface area contributed by atoms with E-state index in [9.17, 15) is 4.79 Å². The molecule has 2 aromatic rings. The van der Waals surface area contributed by atoms with Gasteiger partial charge in [0.25, 0.3) is 5.91 Å². The second-order valence-electron chi connectivity index (χ2n) is 4.26. The smallest absolute Gasteiger partial charge is 0.253 e. The predicted molar refractivity (Wildman–Crippen MR) is 84.4 cm³/mol. The number of rotatable bonds is 5. The molecule has 21 heavy (non-hydrogen) atoms. The number of benzene rings is 1. The first-order valence-electron chi connectivity index (χ1n) is 6.44. The number of halogens is 2. The number of carbonyl (C=O) groups is 1. The van der Waals surface area contributed by atoms with Gasteiger partial charge in [-0.05, 0) is 30.2 Å². The highest BCUT2D eigenvalue weighted by Crippen LogP contribution is 2.25. The summed E-state index contributed by atoms with van der Waals surface area (Å²) >= 11 is 11.8. The van der Waals surface area contributed by atoms with E-state index in [-0.39, 0.29) is 11.2 Å². The first-order chi connectivity index (χ1) is 10.1. The van der Waals surface area contributed by atoms with E-state index in [1.54, 1.807) is 18.2 Å². The van der Waals surface area contributed by atoms with Gasteiger partial charge in [0.1, 0.15) is 5.02 Å². The second-order valence-corrected chi connectivity index (χ2v) is 5.01. The Hall–Kier alpha value is -1.85. The van der Waals surface area contributed by atoms with Crippen molar-refractivity contribution in [3.05, 3.63) is 46.3 Å². The van der Waals surface area contributed by atoms with E-state index in [1.165, 1.54) is 6.20 Å². The summed E-state index contributed by atoms with van der Waals surface area (Å²) in [4.78, 5) is 19.9. The van der Waals surface area contributed by atoms with Gasteiger partial charge in [0.05, 0.1) is 17.4 Å². The summed E-state index contributed by atoms with van der Waals surface area (Å²) in [6.07, 6.45) is 2.27. The van der Waals surface area contributed by atoms with Gasteiger partial charge in [0.2, 0.25) is 5.28 Å². The van der Waals surface area contributed by atoms with Crippen molar-refractivity contribution in [3.8, 4) is 0 Å². The molecule has 2 N–H and O–H groups in total. The Morgan fingerprint density at radius 3 is 2.81 bits per heavy atom. The Balaban J connectivity index is 2.28. The molecule has 0 saturated carbocycles. The molecule has 0 aliphatic rings. The number of aromatic nitrogens is 2. The maximum absolute atomic E-state index is 12.1. The Morgan fingerprint density at radius 1 is 1.29 bits per heavy atom. The summed E-state index contributed by atoms with van der Waals surface area (Å²) in [5.41, 5.74) is 1.11. The quantitative estimate of drug-likeness (QED) is 0.823. The number of carbonyl (C=O) groups excluding carboxylic acids is 1. The van der Waals surface area contributed by atoms with Crippen LogP contribution in [0, 0.1) is 0 Å². The van der Waals surface area contributed by atoms with Crippen LogP contribution in [-0.4, -0.2) is 22.4 Å². The highest BCUT2D eigenvalue weighted by molar-refractivity contribution is 6.33. The van der Waals surface area contributed by atoms with Crippen molar-refractivity contribution < 1.29 is 4.79 Å². The minimum Gasteiger partial charge on any atom is -0.352 e. The molecular weight excluding hydrogens is 311 g/mol. The number of hydrogen-bond acceptors (Lipinski definition) is 4. The molecule has 1 aromatic carbocycles. The van der Waals surface area contributed by atoms with Crippen LogP contribution in [0.5, 0.6) is 0 Å². The summed E-state index contributed by atoms with van der Waals surface area (Å²) < 4.78 is 0. The van der Waals surface area contributed by atoms with Crippen LogP contribution in [0.2, 0.25) is 10.3 Å². The monoisotopic (exact) mass is 324 g/mol. The van der Waals surface area contributed by atoms with E-state index in [0.29, 0.717) is 28.6 Å². The molecule has 0 atom stereocenters. The minimum atomic E-state index is -0.156. The highest BCUT2D eigenvalue weighted by Gasteiger charge is 2.12. The van der Waals surface area contributed by atoms with E-state index in [2.05, 4.69) is 20.6 Å². The molecule has 1 aromatic heterocycles. The van der Waals surface area contributed by atoms with Crippen molar-refractivity contribution in [2.45, 2.75) is 13.3 Å². The van der Waals surface area contributed by atoms with Gasteiger partial charge in [0.15, 0.2) is 5.82 Å². The minimum absolute atomic E-state index is 0.0785. The van der Waals surface area contributed by atoms with Crippen LogP contribution in [0.4, 0.5) is 11.5 Å². The van der Waals surface area contributed by atoms with Gasteiger partial charge in [-0.15, -0.1) is 0 Å². The van der Waals surface area contributed by atoms with Gasteiger partial charge in [-0.25, -0.2) is 4.98 Å². The SMILES string of the molecule is CCCNC(=O)c1ccccc1Nc1nc(Cl)ncc1Cl. The topological polar surface area (TPSA) is 66.9 Å². The third-order valence-electron chi connectivity index (χ3n) is 2.68. The van der Waals surface area contributed by atoms with Crippen molar-refractivity contribution >= 4 is 40.6 Å². The maximum Gasteiger partial charge on any atom is 0.253 e. The Labute approximate surface area is 132 Å². The summed E-state index contributed by atoms with van der Waals surface area (Å²) in [7, 11) is 0. The van der Waals surface area contributed by atoms with E-state index >= 15 is 0 Å². The fourth-order valence-electron chi connectivity index (χ4n) is 1.68. The molecule has 0 saturated heterocycles. The summed E-state index contributed by atoms with van der Waals surface area (Å²) in [5, 5.41) is 6.24. The lowest BCUT2D eigenvalue weighted by Gasteiger charge is -2.12. The molecular formula is C14H14Cl2N4O. The maximum atomic E-state index is 12.1. The lowest BCUT2D eigenvalue weighted by Crippen LogP contribution is -2.24. The van der Waals surface area contributed by atoms with Gasteiger partial charge in [-0.3, -0.25) is 4.79 Å². The van der Waals surface area contributed by atoms with Crippen LogP contribution in [0.15, 0.2) is 30.5 Å². The van der Waals surface area contributed by atoms with Crippen LogP contribution in [-0.2, 0) is 0 Å². The molecule has 0 aliphatic carbocycles. The summed E-state index contributed by atoms with van der Waals surface area (Å²) in [6, 6.07) is 7.10. The van der Waals surface area contributed by atoms with E-state index < -0.39 is 0 Å². The van der Waals surface area contributed by atoms with E-state index in [4.69, 9.17) is 23.2 Å². The van der Waals surface area contributed by atoms with Crippen molar-refractivity contribution in [2.24, 2.45) is 0 Å². The summed E-state index contributed by atoms with van der Waals surface area (Å²) in [5.74, 6) is 0.198. The molecule has 1 amide bonds. The Kier molecular flexibility index (Phi) is 5.36. The first-order valence-corrected chi connectivity index (χ1v) is 7.19. The number of para-hydroxylation sites is 1. The van der Waals surface area contributed by atoms with Gasteiger partial charge in [0, 0.05) is 6.54 Å². The average molecular weight is 325 g/mol. The van der Waals surface area contributed by atoms with Crippen LogP contribution in [0.1, 0.15) is 23.7 Å². The number of nitrogens with one attached hydrogen (secondary N) is 2. The van der Waals surface area contributed by atoms with E-state index in [1.807, 2.05) is 13.0 Å². The molecule has 0 fully saturated rings. The Morgan fingerprint density at radius 2 is 2.05 bits per heavy atom. The zero-order valence-electron chi connectivity index (χ0n) is 11.4. The molecule has 0 radical (unpaired) electrons. The first kappa shape index (κ1) is 15.5. The lowest BCUT2D eigenvalue weighted by molar-refractivity contribution is 0.0954. The molecule has 7 heteroatoms. The highest BCUT2D eigenvalue weighted by atomic mass is 35.5. The molecule has 0 bridgehead atoms. The second kappa shape index (κ2) is 7.24. The normalized spacial score (nSPS) is 10.2. The third kappa shape index (κ3) is 4.06. The predicted octanol–water partition coefficient (Wildman–Crippen LogP) is 3.67. The average Bonchev–Trinajstić information content (AvgIpc) is 2.49. The van der Waals surface area contributed by atoms with Gasteiger partial charge in [-0.2, -0.15) is 4.98 Å². The zero-order valence-corrected chi connectivity index (χ0v) is 12.9. The molecule has 5 nitrogen and oxygen atoms in total. The van der Waals surface area contributed by atoms with Gasteiger partial charge >= 0.3 is 0 Å². The van der Waals surface area contributed by atoms with Crippen molar-refractivity contribution in [3.63, 3.8) is 0 Å². The molecule has 0 aliphatic heterocycles. The largest absolute Gasteiger partial charge is 0.352 e. The van der Waals surface area contributed by atoms with Crippen molar-refractivity contribution in [2.75, 3.05) is 11.9 Å². The molecule has 1 heterocycles. The van der Waals surface area contributed by atoms with Crippen molar-refractivity contribution in [1.29, 1.82) is 0 Å². The summed E-state index contributed by atoms with van der Waals surface area (Å²) in [6.45, 7) is 2.61. The van der Waals surface area contributed by atoms with Crippen LogP contribution in [0.3, 0.4) is 0 Å². The number of nitrogens with zero attached hydrogens (tertiary/aromatic N) is 2. The third-order valence-corrected chi connectivity index (χ3v) is 3.13. The standard InChI is InChI=1S/C14H14Cl2N4O/c1-2-7-17-13(21)9-5-3-4-6-11(9)19-12-10(15)8-18-14(16)20-12/h3-6,8H,2,7H2,1H3,(H,17,21)(H,18,19,20). The zero-order chi connectivity index (χ0) is 15.2. The molecule has 0 spiro atoms. The number of amides is 1. The van der Waals surface area contributed by atoms with Crippen LogP contribution < -0.4 is 10.6 Å². The number of hydrogen-bond donors (Lipinski definition) is 2. The van der Waals surface area contributed by atoms with Crippen molar-refractivity contribution in [1.82, 2.24) is 15.3 Å². The molecule has 2 rings (SSSR count).